The van der Waals surface area contributed by atoms with Gasteiger partial charge >= 0.3 is 5.97 Å². The number of carbonyl (C=O) groups is 2. The van der Waals surface area contributed by atoms with Gasteiger partial charge in [-0.3, -0.25) is 9.59 Å². The van der Waals surface area contributed by atoms with Crippen LogP contribution in [-0.4, -0.2) is 18.4 Å². The predicted octanol–water partition coefficient (Wildman–Crippen LogP) is 2.39. The highest BCUT2D eigenvalue weighted by molar-refractivity contribution is 6.05. The number of hydrogen-bond donors (Lipinski definition) is 0. The zero-order valence-corrected chi connectivity index (χ0v) is 10.6. The van der Waals surface area contributed by atoms with Crippen LogP contribution in [0, 0.1) is 5.92 Å². The summed E-state index contributed by atoms with van der Waals surface area (Å²) < 4.78 is 5.02. The fourth-order valence-electron chi connectivity index (χ4n) is 2.20. The zero-order valence-electron chi connectivity index (χ0n) is 10.6. The van der Waals surface area contributed by atoms with Gasteiger partial charge in [0.2, 0.25) is 0 Å². The molecule has 0 bridgehead atoms. The number of fused-ring (bicyclic) bond motifs is 1. The molecule has 0 heterocycles. The Morgan fingerprint density at radius 3 is 2.83 bits per heavy atom. The number of rotatable bonds is 3. The van der Waals surface area contributed by atoms with Crippen LogP contribution in [0.1, 0.15) is 25.0 Å². The van der Waals surface area contributed by atoms with Gasteiger partial charge in [-0.05, 0) is 36.6 Å². The molecule has 1 aromatic carbocycles. The second-order valence-corrected chi connectivity index (χ2v) is 4.37. The third-order valence-corrected chi connectivity index (χ3v) is 3.12. The number of allylic oxidation sites excluding steroid dienone is 1. The minimum atomic E-state index is -0.407. The normalized spacial score (nSPS) is 15.7. The molecular formula is C15H16O3. The van der Waals surface area contributed by atoms with E-state index in [4.69, 9.17) is 4.74 Å². The molecule has 1 aliphatic rings. The predicted molar refractivity (Wildman–Crippen MR) is 68.9 cm³/mol. The lowest BCUT2D eigenvalue weighted by molar-refractivity contribution is -0.145. The molecule has 0 aromatic heterocycles. The van der Waals surface area contributed by atoms with Crippen molar-refractivity contribution in [2.75, 3.05) is 6.61 Å². The van der Waals surface area contributed by atoms with Gasteiger partial charge in [-0.15, -0.1) is 0 Å². The van der Waals surface area contributed by atoms with E-state index in [1.54, 1.807) is 19.9 Å². The van der Waals surface area contributed by atoms with E-state index >= 15 is 0 Å². The Kier molecular flexibility index (Phi) is 3.60. The summed E-state index contributed by atoms with van der Waals surface area (Å²) in [5.41, 5.74) is 2.73. The highest BCUT2D eigenvalue weighted by Gasteiger charge is 2.26. The first-order valence-electron chi connectivity index (χ1n) is 6.12. The Hall–Kier alpha value is -1.90. The Bertz CT molecular complexity index is 514. The Labute approximate surface area is 106 Å². The van der Waals surface area contributed by atoms with Crippen LogP contribution < -0.4 is 0 Å². The van der Waals surface area contributed by atoms with Crippen LogP contribution in [0.2, 0.25) is 0 Å². The fourth-order valence-corrected chi connectivity index (χ4v) is 2.20. The van der Waals surface area contributed by atoms with E-state index in [2.05, 4.69) is 0 Å². The van der Waals surface area contributed by atoms with Gasteiger partial charge in [-0.1, -0.05) is 24.3 Å². The molecule has 1 atom stereocenters. The molecule has 3 heteroatoms. The van der Waals surface area contributed by atoms with Crippen LogP contribution in [0.4, 0.5) is 0 Å². The third-order valence-electron chi connectivity index (χ3n) is 3.12. The molecule has 18 heavy (non-hydrogen) atoms. The van der Waals surface area contributed by atoms with Crippen LogP contribution in [-0.2, 0) is 20.7 Å². The molecular weight excluding hydrogens is 228 g/mol. The SMILES string of the molecule is CCOC(=O)C(C)C1=CC(=O)Cc2ccccc21. The molecule has 1 unspecified atom stereocenters. The zero-order chi connectivity index (χ0) is 13.1. The lowest BCUT2D eigenvalue weighted by Gasteiger charge is -2.21. The van der Waals surface area contributed by atoms with Crippen molar-refractivity contribution in [1.29, 1.82) is 0 Å². The lowest BCUT2D eigenvalue weighted by Crippen LogP contribution is -2.20. The Morgan fingerprint density at radius 1 is 1.39 bits per heavy atom. The molecule has 2 rings (SSSR count). The van der Waals surface area contributed by atoms with Gasteiger partial charge in [-0.25, -0.2) is 0 Å². The van der Waals surface area contributed by atoms with Gasteiger partial charge in [-0.2, -0.15) is 0 Å². The molecule has 3 nitrogen and oxygen atoms in total. The standard InChI is InChI=1S/C15H16O3/c1-3-18-15(17)10(2)14-9-12(16)8-11-6-4-5-7-13(11)14/h4-7,9-10H,3,8H2,1-2H3. The minimum absolute atomic E-state index is 0.0415. The largest absolute Gasteiger partial charge is 0.466 e. The van der Waals surface area contributed by atoms with Crippen molar-refractivity contribution in [1.82, 2.24) is 0 Å². The van der Waals surface area contributed by atoms with E-state index in [9.17, 15) is 9.59 Å². The molecule has 0 aliphatic heterocycles. The third kappa shape index (κ3) is 2.35. The number of esters is 1. The molecule has 0 amide bonds. The van der Waals surface area contributed by atoms with Crippen molar-refractivity contribution >= 4 is 17.3 Å². The van der Waals surface area contributed by atoms with Crippen molar-refractivity contribution in [3.63, 3.8) is 0 Å². The van der Waals surface area contributed by atoms with E-state index in [0.29, 0.717) is 13.0 Å². The summed E-state index contributed by atoms with van der Waals surface area (Å²) in [4.78, 5) is 23.5. The summed E-state index contributed by atoms with van der Waals surface area (Å²) in [6.07, 6.45) is 1.99. The van der Waals surface area contributed by atoms with Crippen LogP contribution in [0.3, 0.4) is 0 Å². The molecule has 1 aliphatic carbocycles. The number of hydrogen-bond acceptors (Lipinski definition) is 3. The highest BCUT2D eigenvalue weighted by atomic mass is 16.5. The van der Waals surface area contributed by atoms with Crippen molar-refractivity contribution in [2.24, 2.45) is 5.92 Å². The van der Waals surface area contributed by atoms with Gasteiger partial charge in [0.25, 0.3) is 0 Å². The molecule has 0 saturated heterocycles. The number of ketones is 1. The van der Waals surface area contributed by atoms with Crippen LogP contribution in [0.5, 0.6) is 0 Å². The fraction of sp³-hybridized carbons (Fsp3) is 0.333. The van der Waals surface area contributed by atoms with Crippen molar-refractivity contribution in [3.05, 3.63) is 41.5 Å². The minimum Gasteiger partial charge on any atom is -0.466 e. The van der Waals surface area contributed by atoms with Gasteiger partial charge in [0.1, 0.15) is 0 Å². The van der Waals surface area contributed by atoms with E-state index < -0.39 is 5.92 Å². The quantitative estimate of drug-likeness (QED) is 0.767. The molecule has 1 aromatic rings. The number of benzene rings is 1. The molecule has 0 fully saturated rings. The molecule has 0 N–H and O–H groups in total. The first-order chi connectivity index (χ1) is 8.63. The number of ether oxygens (including phenoxy) is 1. The van der Waals surface area contributed by atoms with E-state index in [-0.39, 0.29) is 11.8 Å². The monoisotopic (exact) mass is 244 g/mol. The maximum absolute atomic E-state index is 11.8. The summed E-state index contributed by atoms with van der Waals surface area (Å²) in [5.74, 6) is -0.650. The highest BCUT2D eigenvalue weighted by Crippen LogP contribution is 2.31. The summed E-state index contributed by atoms with van der Waals surface area (Å²) in [6.45, 7) is 3.91. The number of carbonyl (C=O) groups excluding carboxylic acids is 2. The maximum atomic E-state index is 11.8. The smallest absolute Gasteiger partial charge is 0.313 e. The van der Waals surface area contributed by atoms with Crippen LogP contribution in [0.25, 0.3) is 5.57 Å². The topological polar surface area (TPSA) is 43.4 Å². The average molecular weight is 244 g/mol. The second kappa shape index (κ2) is 5.17. The molecule has 94 valence electrons. The summed E-state index contributed by atoms with van der Waals surface area (Å²) in [6, 6.07) is 7.70. The Balaban J connectivity index is 2.37. The van der Waals surface area contributed by atoms with Gasteiger partial charge in [0.15, 0.2) is 5.78 Å². The average Bonchev–Trinajstić information content (AvgIpc) is 2.37. The molecule has 0 radical (unpaired) electrons. The summed E-state index contributed by atoms with van der Waals surface area (Å²) in [7, 11) is 0. The van der Waals surface area contributed by atoms with Crippen LogP contribution in [0.15, 0.2) is 30.3 Å². The maximum Gasteiger partial charge on any atom is 0.313 e. The first kappa shape index (κ1) is 12.6. The molecule has 0 saturated carbocycles. The summed E-state index contributed by atoms with van der Waals surface area (Å²) >= 11 is 0. The second-order valence-electron chi connectivity index (χ2n) is 4.37. The van der Waals surface area contributed by atoms with E-state index in [1.165, 1.54) is 0 Å². The van der Waals surface area contributed by atoms with Gasteiger partial charge < -0.3 is 4.74 Å². The Morgan fingerprint density at radius 2 is 2.11 bits per heavy atom. The van der Waals surface area contributed by atoms with Crippen LogP contribution >= 0.6 is 0 Å². The lowest BCUT2D eigenvalue weighted by atomic mass is 9.84. The first-order valence-corrected chi connectivity index (χ1v) is 6.12. The summed E-state index contributed by atoms with van der Waals surface area (Å²) in [5, 5.41) is 0. The molecule has 0 spiro atoms. The van der Waals surface area contributed by atoms with E-state index in [1.807, 2.05) is 24.3 Å². The van der Waals surface area contributed by atoms with Crippen molar-refractivity contribution < 1.29 is 14.3 Å². The van der Waals surface area contributed by atoms with Gasteiger partial charge in [0, 0.05) is 6.42 Å². The van der Waals surface area contributed by atoms with Crippen molar-refractivity contribution in [2.45, 2.75) is 20.3 Å². The van der Waals surface area contributed by atoms with Crippen molar-refractivity contribution in [3.8, 4) is 0 Å². The van der Waals surface area contributed by atoms with E-state index in [0.717, 1.165) is 16.7 Å². The van der Waals surface area contributed by atoms with Gasteiger partial charge in [0.05, 0.1) is 12.5 Å².